The number of carboxylic acid groups (broad SMARTS) is 1. The van der Waals surface area contributed by atoms with E-state index in [4.69, 9.17) is 14.3 Å². The van der Waals surface area contributed by atoms with Crippen molar-refractivity contribution < 1.29 is 19.1 Å². The summed E-state index contributed by atoms with van der Waals surface area (Å²) in [6, 6.07) is 0. The number of carbonyl (C=O) groups is 1. The number of aromatic carboxylic acids is 1. The van der Waals surface area contributed by atoms with Gasteiger partial charge in [-0.2, -0.15) is 0 Å². The summed E-state index contributed by atoms with van der Waals surface area (Å²) in [5.74, 6) is -0.835. The molecule has 1 unspecified atom stereocenters. The molecule has 17 heavy (non-hydrogen) atoms. The first-order chi connectivity index (χ1) is 8.25. The van der Waals surface area contributed by atoms with Crippen molar-refractivity contribution in [3.8, 4) is 5.75 Å². The average molecular weight is 252 g/mol. The molecule has 0 saturated carbocycles. The summed E-state index contributed by atoms with van der Waals surface area (Å²) in [6.45, 7) is 0.469. The van der Waals surface area contributed by atoms with Gasteiger partial charge < -0.3 is 19.6 Å². The number of nitrogens with one attached hydrogen (secondary N) is 1. The number of aromatic nitrogens is 1. The fraction of sp³-hybridized carbons (Fsp3) is 0.200. The molecule has 1 aliphatic rings. The Kier molecular flexibility index (Phi) is 2.25. The van der Waals surface area contributed by atoms with Gasteiger partial charge in [-0.15, -0.1) is 11.3 Å². The molecule has 3 heterocycles. The standard InChI is InChI=1S/C10H8N2O4S/c13-10(14)9-8-7(2-15-9)16-6(1-11-8)5-3-17-4-12-5/h2-4,6,11H,1H2,(H,13,14). The van der Waals surface area contributed by atoms with Gasteiger partial charge in [-0.3, -0.25) is 0 Å². The van der Waals surface area contributed by atoms with Crippen LogP contribution in [0.4, 0.5) is 5.69 Å². The number of furan rings is 1. The van der Waals surface area contributed by atoms with E-state index in [1.165, 1.54) is 17.6 Å². The minimum Gasteiger partial charge on any atom is -0.477 e. The molecule has 0 aliphatic carbocycles. The van der Waals surface area contributed by atoms with Crippen LogP contribution in [0.5, 0.6) is 5.75 Å². The highest BCUT2D eigenvalue weighted by Crippen LogP contribution is 2.38. The van der Waals surface area contributed by atoms with Crippen LogP contribution >= 0.6 is 11.3 Å². The predicted octanol–water partition coefficient (Wildman–Crippen LogP) is 1.98. The Hall–Kier alpha value is -2.02. The lowest BCUT2D eigenvalue weighted by Gasteiger charge is -2.23. The van der Waals surface area contributed by atoms with Crippen LogP contribution in [0.15, 0.2) is 21.6 Å². The number of rotatable bonds is 2. The van der Waals surface area contributed by atoms with Crippen LogP contribution in [0.3, 0.4) is 0 Å². The molecule has 0 radical (unpaired) electrons. The number of fused-ring (bicyclic) bond motifs is 1. The van der Waals surface area contributed by atoms with Gasteiger partial charge in [0.1, 0.15) is 12.0 Å². The Morgan fingerprint density at radius 3 is 3.24 bits per heavy atom. The third-order valence-corrected chi connectivity index (χ3v) is 3.07. The first-order valence-electron chi connectivity index (χ1n) is 4.89. The lowest BCUT2D eigenvalue weighted by molar-refractivity contribution is 0.0663. The zero-order valence-corrected chi connectivity index (χ0v) is 9.36. The van der Waals surface area contributed by atoms with Crippen LogP contribution in [0, 0.1) is 0 Å². The Bertz CT molecular complexity index is 549. The second-order valence-electron chi connectivity index (χ2n) is 3.51. The lowest BCUT2D eigenvalue weighted by Crippen LogP contribution is -2.24. The third-order valence-electron chi connectivity index (χ3n) is 2.47. The molecule has 2 aromatic rings. The van der Waals surface area contributed by atoms with Gasteiger partial charge >= 0.3 is 5.97 Å². The zero-order valence-electron chi connectivity index (χ0n) is 8.54. The van der Waals surface area contributed by atoms with E-state index in [-0.39, 0.29) is 11.9 Å². The average Bonchev–Trinajstić information content (AvgIpc) is 2.97. The van der Waals surface area contributed by atoms with E-state index in [9.17, 15) is 4.79 Å². The normalized spacial score (nSPS) is 18.0. The SMILES string of the molecule is O=C(O)c1occ2c1NCC(c1cscn1)O2. The topological polar surface area (TPSA) is 84.6 Å². The first kappa shape index (κ1) is 10.2. The summed E-state index contributed by atoms with van der Waals surface area (Å²) in [7, 11) is 0. The summed E-state index contributed by atoms with van der Waals surface area (Å²) in [4.78, 5) is 15.0. The van der Waals surface area contributed by atoms with Crippen molar-refractivity contribution in [1.29, 1.82) is 0 Å². The Morgan fingerprint density at radius 1 is 1.65 bits per heavy atom. The van der Waals surface area contributed by atoms with E-state index in [0.29, 0.717) is 18.0 Å². The van der Waals surface area contributed by atoms with Crippen molar-refractivity contribution in [2.24, 2.45) is 0 Å². The molecule has 0 spiro atoms. The van der Waals surface area contributed by atoms with Crippen molar-refractivity contribution in [3.05, 3.63) is 28.6 Å². The second-order valence-corrected chi connectivity index (χ2v) is 4.23. The molecule has 3 rings (SSSR count). The number of carboxylic acids is 1. The molecular formula is C10H8N2O4S. The predicted molar refractivity (Wildman–Crippen MR) is 59.6 cm³/mol. The number of hydrogen-bond donors (Lipinski definition) is 2. The fourth-order valence-electron chi connectivity index (χ4n) is 1.69. The summed E-state index contributed by atoms with van der Waals surface area (Å²) in [6.07, 6.45) is 1.08. The van der Waals surface area contributed by atoms with E-state index in [2.05, 4.69) is 10.3 Å². The van der Waals surface area contributed by atoms with Crippen molar-refractivity contribution in [3.63, 3.8) is 0 Å². The molecule has 0 fully saturated rings. The number of anilines is 1. The van der Waals surface area contributed by atoms with Gasteiger partial charge in [-0.05, 0) is 0 Å². The van der Waals surface area contributed by atoms with Crippen LogP contribution < -0.4 is 10.1 Å². The number of ether oxygens (including phenoxy) is 1. The Labute approximate surface area is 99.9 Å². The van der Waals surface area contributed by atoms with Crippen LogP contribution in [-0.4, -0.2) is 22.6 Å². The molecule has 2 N–H and O–H groups in total. The molecule has 88 valence electrons. The summed E-state index contributed by atoms with van der Waals surface area (Å²) in [5, 5.41) is 13.8. The lowest BCUT2D eigenvalue weighted by atomic mass is 10.2. The maximum absolute atomic E-state index is 10.8. The van der Waals surface area contributed by atoms with Gasteiger partial charge in [0.2, 0.25) is 5.76 Å². The molecular weight excluding hydrogens is 244 g/mol. The smallest absolute Gasteiger partial charge is 0.374 e. The van der Waals surface area contributed by atoms with Gasteiger partial charge in [-0.25, -0.2) is 9.78 Å². The van der Waals surface area contributed by atoms with Crippen LogP contribution in [0.1, 0.15) is 22.4 Å². The maximum Gasteiger partial charge on any atom is 0.374 e. The largest absolute Gasteiger partial charge is 0.477 e. The maximum atomic E-state index is 10.8. The van der Waals surface area contributed by atoms with E-state index < -0.39 is 5.97 Å². The summed E-state index contributed by atoms with van der Waals surface area (Å²) < 4.78 is 10.6. The van der Waals surface area contributed by atoms with Gasteiger partial charge in [0, 0.05) is 5.38 Å². The van der Waals surface area contributed by atoms with E-state index in [0.717, 1.165) is 5.69 Å². The second kappa shape index (κ2) is 3.77. The first-order valence-corrected chi connectivity index (χ1v) is 5.83. The molecule has 7 heteroatoms. The molecule has 0 amide bonds. The number of nitrogens with zero attached hydrogens (tertiary/aromatic N) is 1. The summed E-state index contributed by atoms with van der Waals surface area (Å²) in [5.41, 5.74) is 2.95. The van der Waals surface area contributed by atoms with Crippen molar-refractivity contribution >= 4 is 23.0 Å². The Morgan fingerprint density at radius 2 is 2.53 bits per heavy atom. The zero-order chi connectivity index (χ0) is 11.8. The Balaban J connectivity index is 1.89. The van der Waals surface area contributed by atoms with Gasteiger partial charge in [-0.1, -0.05) is 0 Å². The number of hydrogen-bond acceptors (Lipinski definition) is 6. The molecule has 6 nitrogen and oxygen atoms in total. The third kappa shape index (κ3) is 1.64. The van der Waals surface area contributed by atoms with Crippen LogP contribution in [0.25, 0.3) is 0 Å². The van der Waals surface area contributed by atoms with E-state index in [1.807, 2.05) is 5.38 Å². The van der Waals surface area contributed by atoms with Gasteiger partial charge in [0.25, 0.3) is 0 Å². The minimum atomic E-state index is -1.12. The van der Waals surface area contributed by atoms with E-state index in [1.54, 1.807) is 5.51 Å². The minimum absolute atomic E-state index is 0.128. The van der Waals surface area contributed by atoms with Crippen molar-refractivity contribution in [1.82, 2.24) is 4.98 Å². The highest BCUT2D eigenvalue weighted by Gasteiger charge is 2.29. The highest BCUT2D eigenvalue weighted by molar-refractivity contribution is 7.07. The van der Waals surface area contributed by atoms with E-state index >= 15 is 0 Å². The molecule has 0 aromatic carbocycles. The van der Waals surface area contributed by atoms with Crippen molar-refractivity contribution in [2.75, 3.05) is 11.9 Å². The van der Waals surface area contributed by atoms with Crippen LogP contribution in [-0.2, 0) is 0 Å². The van der Waals surface area contributed by atoms with Crippen LogP contribution in [0.2, 0.25) is 0 Å². The number of thiazole rings is 1. The molecule has 0 bridgehead atoms. The molecule has 1 atom stereocenters. The van der Waals surface area contributed by atoms with Gasteiger partial charge in [0.15, 0.2) is 11.9 Å². The monoisotopic (exact) mass is 252 g/mol. The summed E-state index contributed by atoms with van der Waals surface area (Å²) >= 11 is 1.49. The highest BCUT2D eigenvalue weighted by atomic mass is 32.1. The van der Waals surface area contributed by atoms with Crippen molar-refractivity contribution in [2.45, 2.75) is 6.10 Å². The molecule has 2 aromatic heterocycles. The van der Waals surface area contributed by atoms with Gasteiger partial charge in [0.05, 0.1) is 17.7 Å². The molecule has 1 aliphatic heterocycles. The molecule has 0 saturated heterocycles. The fourth-order valence-corrected chi connectivity index (χ4v) is 2.28. The quantitative estimate of drug-likeness (QED) is 0.850.